The third-order valence-electron chi connectivity index (χ3n) is 2.55. The van der Waals surface area contributed by atoms with Crippen molar-refractivity contribution in [3.8, 4) is 0 Å². The van der Waals surface area contributed by atoms with Crippen molar-refractivity contribution < 1.29 is 13.9 Å². The molecule has 0 atom stereocenters. The molecule has 102 valence electrons. The summed E-state index contributed by atoms with van der Waals surface area (Å²) in [5.41, 5.74) is -0.836. The second kappa shape index (κ2) is 5.95. The molecule has 1 aromatic rings. The summed E-state index contributed by atoms with van der Waals surface area (Å²) in [5.74, 6) is 0.908. The summed E-state index contributed by atoms with van der Waals surface area (Å²) in [4.78, 5) is 13.7. The van der Waals surface area contributed by atoms with Gasteiger partial charge in [-0.15, -0.1) is 10.2 Å². The van der Waals surface area contributed by atoms with E-state index in [1.807, 2.05) is 13.8 Å². The highest BCUT2D eigenvalue weighted by Gasteiger charge is 2.31. The van der Waals surface area contributed by atoms with Crippen molar-refractivity contribution in [2.45, 2.75) is 46.3 Å². The number of hydrogen-bond donors (Lipinski definition) is 0. The molecule has 0 spiro atoms. The lowest BCUT2D eigenvalue weighted by Crippen LogP contribution is -2.44. The SMILES string of the molecule is CCOC(C)(C)C(=O)N(C)Cc1nnc(CC)o1. The fourth-order valence-corrected chi connectivity index (χ4v) is 1.65. The van der Waals surface area contributed by atoms with Gasteiger partial charge in [-0.1, -0.05) is 6.92 Å². The molecule has 0 aliphatic rings. The number of carbonyl (C=O) groups is 1. The van der Waals surface area contributed by atoms with E-state index in [0.29, 0.717) is 31.4 Å². The van der Waals surface area contributed by atoms with Crippen LogP contribution in [0.15, 0.2) is 4.42 Å². The second-order valence-corrected chi connectivity index (χ2v) is 4.55. The maximum atomic E-state index is 12.1. The van der Waals surface area contributed by atoms with Crippen LogP contribution in [0.2, 0.25) is 0 Å². The van der Waals surface area contributed by atoms with E-state index in [9.17, 15) is 4.79 Å². The lowest BCUT2D eigenvalue weighted by molar-refractivity contribution is -0.153. The smallest absolute Gasteiger partial charge is 0.254 e. The van der Waals surface area contributed by atoms with Gasteiger partial charge in [0.2, 0.25) is 11.8 Å². The van der Waals surface area contributed by atoms with Gasteiger partial charge >= 0.3 is 0 Å². The zero-order valence-electron chi connectivity index (χ0n) is 11.7. The van der Waals surface area contributed by atoms with Gasteiger partial charge in [0.25, 0.3) is 5.91 Å². The Labute approximate surface area is 107 Å². The van der Waals surface area contributed by atoms with Gasteiger partial charge in [0.05, 0.1) is 6.54 Å². The molecule has 1 heterocycles. The van der Waals surface area contributed by atoms with Crippen LogP contribution in [0.5, 0.6) is 0 Å². The van der Waals surface area contributed by atoms with Gasteiger partial charge in [-0.3, -0.25) is 4.79 Å². The van der Waals surface area contributed by atoms with E-state index in [4.69, 9.17) is 9.15 Å². The number of likely N-dealkylation sites (N-methyl/N-ethyl adjacent to an activating group) is 1. The molecule has 0 unspecified atom stereocenters. The molecular weight excluding hydrogens is 234 g/mol. The van der Waals surface area contributed by atoms with E-state index in [0.717, 1.165) is 0 Å². The molecule has 1 aromatic heterocycles. The third kappa shape index (κ3) is 3.53. The quantitative estimate of drug-likeness (QED) is 0.768. The van der Waals surface area contributed by atoms with Crippen molar-refractivity contribution in [1.82, 2.24) is 15.1 Å². The second-order valence-electron chi connectivity index (χ2n) is 4.55. The van der Waals surface area contributed by atoms with Crippen molar-refractivity contribution in [1.29, 1.82) is 0 Å². The third-order valence-corrected chi connectivity index (χ3v) is 2.55. The summed E-state index contributed by atoms with van der Waals surface area (Å²) in [5, 5.41) is 7.75. The number of aromatic nitrogens is 2. The van der Waals surface area contributed by atoms with Gasteiger partial charge in [-0.25, -0.2) is 0 Å². The Morgan fingerprint density at radius 1 is 1.33 bits per heavy atom. The summed E-state index contributed by atoms with van der Waals surface area (Å²) in [6.45, 7) is 8.08. The Balaban J connectivity index is 2.64. The van der Waals surface area contributed by atoms with Gasteiger partial charge in [-0.2, -0.15) is 0 Å². The summed E-state index contributed by atoms with van der Waals surface area (Å²) in [7, 11) is 1.69. The van der Waals surface area contributed by atoms with Gasteiger partial charge < -0.3 is 14.1 Å². The predicted molar refractivity (Wildman–Crippen MR) is 65.9 cm³/mol. The molecule has 6 heteroatoms. The van der Waals surface area contributed by atoms with E-state index in [1.165, 1.54) is 4.90 Å². The minimum Gasteiger partial charge on any atom is -0.423 e. The molecule has 0 N–H and O–H groups in total. The predicted octanol–water partition coefficient (Wildman–Crippen LogP) is 1.41. The van der Waals surface area contributed by atoms with Crippen LogP contribution in [-0.4, -0.2) is 40.3 Å². The average molecular weight is 255 g/mol. The largest absolute Gasteiger partial charge is 0.423 e. The Hall–Kier alpha value is -1.43. The lowest BCUT2D eigenvalue weighted by atomic mass is 10.1. The number of aryl methyl sites for hydroxylation is 1. The molecule has 0 aromatic carbocycles. The first-order valence-electron chi connectivity index (χ1n) is 6.11. The summed E-state index contributed by atoms with van der Waals surface area (Å²) < 4.78 is 10.8. The number of nitrogens with zero attached hydrogens (tertiary/aromatic N) is 3. The lowest BCUT2D eigenvalue weighted by Gasteiger charge is -2.28. The standard InChI is InChI=1S/C12H21N3O3/c1-6-9-13-14-10(18-9)8-15(5)11(16)12(3,4)17-7-2/h6-8H2,1-5H3. The van der Waals surface area contributed by atoms with E-state index in [-0.39, 0.29) is 5.91 Å². The molecule has 0 saturated heterocycles. The molecule has 6 nitrogen and oxygen atoms in total. The van der Waals surface area contributed by atoms with Crippen LogP contribution in [0.1, 0.15) is 39.5 Å². The number of ether oxygens (including phenoxy) is 1. The number of hydrogen-bond acceptors (Lipinski definition) is 5. The topological polar surface area (TPSA) is 68.5 Å². The van der Waals surface area contributed by atoms with E-state index in [1.54, 1.807) is 20.9 Å². The normalized spacial score (nSPS) is 11.6. The van der Waals surface area contributed by atoms with Gasteiger partial charge in [-0.05, 0) is 20.8 Å². The van der Waals surface area contributed by atoms with Gasteiger partial charge in [0.15, 0.2) is 0 Å². The Bertz CT molecular complexity index is 401. The van der Waals surface area contributed by atoms with Crippen LogP contribution in [0.25, 0.3) is 0 Å². The van der Waals surface area contributed by atoms with Crippen molar-refractivity contribution in [2.75, 3.05) is 13.7 Å². The van der Waals surface area contributed by atoms with Crippen LogP contribution >= 0.6 is 0 Å². The molecule has 0 aliphatic heterocycles. The highest BCUT2D eigenvalue weighted by Crippen LogP contribution is 2.14. The Kier molecular flexibility index (Phi) is 4.84. The van der Waals surface area contributed by atoms with E-state index >= 15 is 0 Å². The maximum absolute atomic E-state index is 12.1. The monoisotopic (exact) mass is 255 g/mol. The minimum absolute atomic E-state index is 0.111. The molecule has 0 fully saturated rings. The van der Waals surface area contributed by atoms with Crippen molar-refractivity contribution >= 4 is 5.91 Å². The fourth-order valence-electron chi connectivity index (χ4n) is 1.65. The highest BCUT2D eigenvalue weighted by atomic mass is 16.5. The molecule has 0 saturated carbocycles. The van der Waals surface area contributed by atoms with Crippen LogP contribution in [0.4, 0.5) is 0 Å². The molecule has 1 rings (SSSR count). The van der Waals surface area contributed by atoms with Crippen molar-refractivity contribution in [3.05, 3.63) is 11.8 Å². The number of carbonyl (C=O) groups excluding carboxylic acids is 1. The summed E-state index contributed by atoms with van der Waals surface area (Å²) in [6.07, 6.45) is 0.690. The summed E-state index contributed by atoms with van der Waals surface area (Å²) >= 11 is 0. The van der Waals surface area contributed by atoms with E-state index in [2.05, 4.69) is 10.2 Å². The first-order valence-corrected chi connectivity index (χ1v) is 6.11. The molecule has 0 bridgehead atoms. The number of amides is 1. The Morgan fingerprint density at radius 3 is 2.44 bits per heavy atom. The molecule has 0 radical (unpaired) electrons. The van der Waals surface area contributed by atoms with Gasteiger partial charge in [0.1, 0.15) is 5.60 Å². The average Bonchev–Trinajstić information content (AvgIpc) is 2.75. The molecular formula is C12H21N3O3. The molecule has 18 heavy (non-hydrogen) atoms. The summed E-state index contributed by atoms with van der Waals surface area (Å²) in [6, 6.07) is 0. The molecule has 1 amide bonds. The minimum atomic E-state index is -0.836. The van der Waals surface area contributed by atoms with Crippen LogP contribution < -0.4 is 0 Å². The maximum Gasteiger partial charge on any atom is 0.254 e. The van der Waals surface area contributed by atoms with Crippen LogP contribution in [-0.2, 0) is 22.5 Å². The van der Waals surface area contributed by atoms with Gasteiger partial charge in [0, 0.05) is 20.1 Å². The molecule has 0 aliphatic carbocycles. The fraction of sp³-hybridized carbons (Fsp3) is 0.750. The van der Waals surface area contributed by atoms with Crippen LogP contribution in [0, 0.1) is 0 Å². The van der Waals surface area contributed by atoms with Crippen molar-refractivity contribution in [2.24, 2.45) is 0 Å². The first-order chi connectivity index (χ1) is 8.40. The highest BCUT2D eigenvalue weighted by molar-refractivity contribution is 5.84. The first kappa shape index (κ1) is 14.6. The zero-order valence-corrected chi connectivity index (χ0v) is 11.7. The zero-order chi connectivity index (χ0) is 13.8. The Morgan fingerprint density at radius 2 is 1.94 bits per heavy atom. The van der Waals surface area contributed by atoms with E-state index < -0.39 is 5.60 Å². The van der Waals surface area contributed by atoms with Crippen LogP contribution in [0.3, 0.4) is 0 Å². The van der Waals surface area contributed by atoms with Crippen molar-refractivity contribution in [3.63, 3.8) is 0 Å². The number of rotatable bonds is 6.